The van der Waals surface area contributed by atoms with Crippen LogP contribution in [0.25, 0.3) is 0 Å². The molecular formula is C22H43NO3S. The number of carbonyl (C=O) groups is 2. The highest BCUT2D eigenvalue weighted by Crippen LogP contribution is 2.39. The van der Waals surface area contributed by atoms with Crippen LogP contribution in [0.1, 0.15) is 101 Å². The lowest BCUT2D eigenvalue weighted by Gasteiger charge is -2.36. The van der Waals surface area contributed by atoms with Crippen LogP contribution in [0.15, 0.2) is 0 Å². The quantitative estimate of drug-likeness (QED) is 0.313. The molecule has 0 spiro atoms. The smallest absolute Gasteiger partial charge is 0.317 e. The van der Waals surface area contributed by atoms with E-state index in [0.717, 1.165) is 25.7 Å². The zero-order valence-corrected chi connectivity index (χ0v) is 20.0. The van der Waals surface area contributed by atoms with Crippen LogP contribution in [-0.4, -0.2) is 18.4 Å². The van der Waals surface area contributed by atoms with E-state index in [0.29, 0.717) is 19.4 Å². The lowest BCUT2D eigenvalue weighted by atomic mass is 9.71. The fourth-order valence-corrected chi connectivity index (χ4v) is 4.34. The van der Waals surface area contributed by atoms with E-state index in [2.05, 4.69) is 84.7 Å². The molecule has 0 atom stereocenters. The first-order chi connectivity index (χ1) is 12.0. The van der Waals surface area contributed by atoms with Crippen LogP contribution < -0.4 is 5.32 Å². The monoisotopic (exact) mass is 401 g/mol. The number of hydrogen-bond acceptors (Lipinski definition) is 4. The minimum absolute atomic E-state index is 0.0455. The Kier molecular flexibility index (Phi) is 9.91. The Morgan fingerprint density at radius 1 is 0.852 bits per heavy atom. The molecule has 0 bridgehead atoms. The van der Waals surface area contributed by atoms with Crippen LogP contribution in [0.4, 0.5) is 0 Å². The standard InChI is InChI=1S/C22H43NO3S/c1-10-19(2,3)14-22(8,9)16-23-17(24)13-21(6,7)15-20(4,5)12-11-18(25)26-27/h27H,10-16H2,1-9H3,(H,23,24). The Morgan fingerprint density at radius 2 is 1.37 bits per heavy atom. The fourth-order valence-electron chi connectivity index (χ4n) is 4.25. The normalized spacial score (nSPS) is 13.4. The van der Waals surface area contributed by atoms with Crippen molar-refractivity contribution in [1.29, 1.82) is 0 Å². The van der Waals surface area contributed by atoms with E-state index in [1.165, 1.54) is 0 Å². The van der Waals surface area contributed by atoms with Gasteiger partial charge < -0.3 is 9.50 Å². The summed E-state index contributed by atoms with van der Waals surface area (Å²) in [6, 6.07) is 0. The van der Waals surface area contributed by atoms with Gasteiger partial charge in [-0.25, -0.2) is 0 Å². The first-order valence-electron chi connectivity index (χ1n) is 10.1. The number of carbonyl (C=O) groups excluding carboxylic acids is 2. The SMILES string of the molecule is CCC(C)(C)CC(C)(C)CNC(=O)CC(C)(C)CC(C)(C)CCC(=O)OS. The molecule has 1 amide bonds. The Labute approximate surface area is 173 Å². The molecule has 0 heterocycles. The minimum Gasteiger partial charge on any atom is -0.395 e. The van der Waals surface area contributed by atoms with Gasteiger partial charge in [0.2, 0.25) is 5.91 Å². The second-order valence-electron chi connectivity index (χ2n) is 11.3. The molecule has 0 saturated heterocycles. The highest BCUT2D eigenvalue weighted by molar-refractivity contribution is 7.75. The van der Waals surface area contributed by atoms with Gasteiger partial charge in [-0.15, -0.1) is 0 Å². The highest BCUT2D eigenvalue weighted by atomic mass is 32.1. The maximum atomic E-state index is 12.5. The summed E-state index contributed by atoms with van der Waals surface area (Å²) in [7, 11) is 0. The average Bonchev–Trinajstić information content (AvgIpc) is 2.48. The van der Waals surface area contributed by atoms with E-state index < -0.39 is 0 Å². The van der Waals surface area contributed by atoms with Crippen LogP contribution in [-0.2, 0) is 13.8 Å². The molecule has 0 aromatic rings. The van der Waals surface area contributed by atoms with Gasteiger partial charge in [0.25, 0.3) is 0 Å². The van der Waals surface area contributed by atoms with Crippen LogP contribution in [0, 0.1) is 21.7 Å². The molecular weight excluding hydrogens is 358 g/mol. The van der Waals surface area contributed by atoms with Gasteiger partial charge in [0.15, 0.2) is 0 Å². The molecule has 0 unspecified atom stereocenters. The molecule has 0 rings (SSSR count). The molecule has 0 aromatic heterocycles. The molecule has 0 aliphatic rings. The molecule has 0 radical (unpaired) electrons. The highest BCUT2D eigenvalue weighted by Gasteiger charge is 2.32. The Hall–Kier alpha value is -0.710. The molecule has 1 N–H and O–H groups in total. The van der Waals surface area contributed by atoms with E-state index in [1.54, 1.807) is 0 Å². The van der Waals surface area contributed by atoms with Crippen molar-refractivity contribution < 1.29 is 13.8 Å². The van der Waals surface area contributed by atoms with Gasteiger partial charge in [0, 0.05) is 32.3 Å². The average molecular weight is 402 g/mol. The number of thiol groups is 1. The molecule has 0 saturated carbocycles. The third-order valence-corrected chi connectivity index (χ3v) is 5.59. The van der Waals surface area contributed by atoms with E-state index in [1.807, 2.05) is 0 Å². The maximum absolute atomic E-state index is 12.5. The second kappa shape index (κ2) is 10.2. The van der Waals surface area contributed by atoms with Crippen molar-refractivity contribution in [3.8, 4) is 0 Å². The van der Waals surface area contributed by atoms with Gasteiger partial charge in [-0.3, -0.25) is 9.59 Å². The van der Waals surface area contributed by atoms with Crippen LogP contribution >= 0.6 is 12.9 Å². The molecule has 4 nitrogen and oxygen atoms in total. The number of amides is 1. The third-order valence-electron chi connectivity index (χ3n) is 5.38. The molecule has 0 aliphatic carbocycles. The number of hydrogen-bond donors (Lipinski definition) is 2. The molecule has 160 valence electrons. The third kappa shape index (κ3) is 12.4. The van der Waals surface area contributed by atoms with Crippen molar-refractivity contribution in [2.45, 2.75) is 101 Å². The summed E-state index contributed by atoms with van der Waals surface area (Å²) in [5, 5.41) is 3.15. The van der Waals surface area contributed by atoms with Gasteiger partial charge in [-0.2, -0.15) is 0 Å². The minimum atomic E-state index is -0.306. The van der Waals surface area contributed by atoms with Crippen molar-refractivity contribution in [1.82, 2.24) is 5.32 Å². The topological polar surface area (TPSA) is 55.4 Å². The summed E-state index contributed by atoms with van der Waals surface area (Å²) in [5.74, 6) is -0.202. The van der Waals surface area contributed by atoms with Crippen LogP contribution in [0.3, 0.4) is 0 Å². The fraction of sp³-hybridized carbons (Fsp3) is 0.909. The summed E-state index contributed by atoms with van der Waals surface area (Å²) in [6.45, 7) is 20.4. The lowest BCUT2D eigenvalue weighted by Crippen LogP contribution is -2.38. The lowest BCUT2D eigenvalue weighted by molar-refractivity contribution is -0.133. The predicted molar refractivity (Wildman–Crippen MR) is 117 cm³/mol. The Balaban J connectivity index is 4.59. The van der Waals surface area contributed by atoms with E-state index in [9.17, 15) is 9.59 Å². The van der Waals surface area contributed by atoms with E-state index in [-0.39, 0.29) is 33.5 Å². The summed E-state index contributed by atoms with van der Waals surface area (Å²) >= 11 is 3.55. The van der Waals surface area contributed by atoms with Gasteiger partial charge in [-0.1, -0.05) is 68.7 Å². The van der Waals surface area contributed by atoms with Crippen molar-refractivity contribution in [2.24, 2.45) is 21.7 Å². The van der Waals surface area contributed by atoms with Crippen LogP contribution in [0.2, 0.25) is 0 Å². The maximum Gasteiger partial charge on any atom is 0.317 e. The van der Waals surface area contributed by atoms with Crippen molar-refractivity contribution in [3.63, 3.8) is 0 Å². The zero-order valence-electron chi connectivity index (χ0n) is 19.1. The van der Waals surface area contributed by atoms with Gasteiger partial charge in [0.1, 0.15) is 0 Å². The predicted octanol–water partition coefficient (Wildman–Crippen LogP) is 5.96. The van der Waals surface area contributed by atoms with Crippen molar-refractivity contribution in [3.05, 3.63) is 0 Å². The largest absolute Gasteiger partial charge is 0.395 e. The molecule has 0 aliphatic heterocycles. The number of rotatable bonds is 12. The molecule has 0 fully saturated rings. The van der Waals surface area contributed by atoms with E-state index >= 15 is 0 Å². The van der Waals surface area contributed by atoms with Gasteiger partial charge in [0.05, 0.1) is 0 Å². The summed E-state index contributed by atoms with van der Waals surface area (Å²) in [4.78, 5) is 23.9. The van der Waals surface area contributed by atoms with Crippen molar-refractivity contribution >= 4 is 24.8 Å². The summed E-state index contributed by atoms with van der Waals surface area (Å²) < 4.78 is 4.44. The van der Waals surface area contributed by atoms with Crippen LogP contribution in [0.5, 0.6) is 0 Å². The summed E-state index contributed by atoms with van der Waals surface area (Å²) in [6.07, 6.45) is 4.62. The zero-order chi connectivity index (χ0) is 21.5. The molecule has 5 heteroatoms. The summed E-state index contributed by atoms with van der Waals surface area (Å²) in [5.41, 5.74) is 0.180. The van der Waals surface area contributed by atoms with E-state index in [4.69, 9.17) is 0 Å². The number of nitrogens with one attached hydrogen (secondary N) is 1. The van der Waals surface area contributed by atoms with Gasteiger partial charge >= 0.3 is 5.97 Å². The Morgan fingerprint density at radius 3 is 1.85 bits per heavy atom. The van der Waals surface area contributed by atoms with Crippen molar-refractivity contribution in [2.75, 3.05) is 6.54 Å². The Bertz CT molecular complexity index is 496. The molecule has 27 heavy (non-hydrogen) atoms. The molecule has 0 aromatic carbocycles. The first kappa shape index (κ1) is 26.3. The van der Waals surface area contributed by atoms with Gasteiger partial charge in [-0.05, 0) is 40.9 Å². The first-order valence-corrected chi connectivity index (χ1v) is 10.5. The second-order valence-corrected chi connectivity index (χ2v) is 11.5.